The van der Waals surface area contributed by atoms with E-state index in [1.165, 1.54) is 9.87 Å². The predicted octanol–water partition coefficient (Wildman–Crippen LogP) is 3.57. The molecule has 1 aliphatic heterocycles. The van der Waals surface area contributed by atoms with Gasteiger partial charge in [-0.3, -0.25) is 4.79 Å². The average molecular weight is 401 g/mol. The summed E-state index contributed by atoms with van der Waals surface area (Å²) < 4.78 is 26.0. The van der Waals surface area contributed by atoms with E-state index in [4.69, 9.17) is 0 Å². The molecule has 28 heavy (non-hydrogen) atoms. The van der Waals surface area contributed by atoms with Crippen molar-refractivity contribution in [3.63, 3.8) is 0 Å². The largest absolute Gasteiger partial charge is 0.325 e. The lowest BCUT2D eigenvalue weighted by Gasteiger charge is -2.40. The maximum absolute atomic E-state index is 13.4. The van der Waals surface area contributed by atoms with Crippen LogP contribution in [0.4, 0.5) is 5.69 Å². The van der Waals surface area contributed by atoms with Gasteiger partial charge in [0.15, 0.2) is 0 Å². The molecule has 0 aliphatic carbocycles. The molecule has 1 fully saturated rings. The minimum Gasteiger partial charge on any atom is -0.325 e. The Hall–Kier alpha value is -2.18. The van der Waals surface area contributed by atoms with Crippen LogP contribution in [0.25, 0.3) is 0 Å². The molecule has 3 rings (SSSR count). The van der Waals surface area contributed by atoms with Crippen LogP contribution in [0, 0.1) is 0 Å². The van der Waals surface area contributed by atoms with Crippen molar-refractivity contribution in [1.29, 1.82) is 0 Å². The third-order valence-electron chi connectivity index (χ3n) is 5.72. The van der Waals surface area contributed by atoms with Crippen LogP contribution < -0.4 is 5.32 Å². The van der Waals surface area contributed by atoms with Crippen LogP contribution in [0.2, 0.25) is 0 Å². The van der Waals surface area contributed by atoms with Crippen LogP contribution in [-0.4, -0.2) is 37.5 Å². The molecule has 1 saturated heterocycles. The lowest BCUT2D eigenvalue weighted by molar-refractivity contribution is -0.123. The van der Waals surface area contributed by atoms with E-state index in [0.29, 0.717) is 25.9 Å². The average Bonchev–Trinajstić information content (AvgIpc) is 2.75. The Labute approximate surface area is 167 Å². The molecule has 1 N–H and O–H groups in total. The number of amides is 1. The molecule has 0 unspecified atom stereocenters. The van der Waals surface area contributed by atoms with Crippen molar-refractivity contribution in [2.45, 2.75) is 38.5 Å². The molecule has 1 aliphatic rings. The zero-order valence-electron chi connectivity index (χ0n) is 16.5. The highest BCUT2D eigenvalue weighted by molar-refractivity contribution is 7.89. The molecule has 0 aromatic heterocycles. The highest BCUT2D eigenvalue weighted by Crippen LogP contribution is 2.37. The molecule has 2 aromatic rings. The van der Waals surface area contributed by atoms with Crippen LogP contribution in [0.1, 0.15) is 37.8 Å². The number of anilines is 1. The Balaban J connectivity index is 1.87. The van der Waals surface area contributed by atoms with Gasteiger partial charge in [-0.25, -0.2) is 12.7 Å². The van der Waals surface area contributed by atoms with Gasteiger partial charge in [0.2, 0.25) is 15.9 Å². The van der Waals surface area contributed by atoms with Gasteiger partial charge in [0, 0.05) is 18.8 Å². The number of aryl methyl sites for hydroxylation is 1. The number of carbonyl (C=O) groups excluding carboxylic acids is 1. The molecule has 0 spiro atoms. The molecule has 150 valence electrons. The third-order valence-corrected chi connectivity index (χ3v) is 7.60. The van der Waals surface area contributed by atoms with Gasteiger partial charge in [-0.1, -0.05) is 49.4 Å². The van der Waals surface area contributed by atoms with Crippen molar-refractivity contribution in [3.05, 3.63) is 65.7 Å². The van der Waals surface area contributed by atoms with Crippen LogP contribution in [-0.2, 0) is 26.7 Å². The van der Waals surface area contributed by atoms with E-state index in [9.17, 15) is 13.2 Å². The monoisotopic (exact) mass is 400 g/mol. The number of rotatable bonds is 6. The number of sulfonamides is 1. The van der Waals surface area contributed by atoms with Crippen molar-refractivity contribution in [2.24, 2.45) is 0 Å². The lowest BCUT2D eigenvalue weighted by Crippen LogP contribution is -2.51. The fourth-order valence-electron chi connectivity index (χ4n) is 3.81. The Morgan fingerprint density at radius 2 is 1.61 bits per heavy atom. The Kier molecular flexibility index (Phi) is 6.20. The summed E-state index contributed by atoms with van der Waals surface area (Å²) in [5, 5.41) is 3.06. The molecular formula is C22H28N2O3S. The maximum atomic E-state index is 13.4. The maximum Gasteiger partial charge on any atom is 0.235 e. The van der Waals surface area contributed by atoms with Gasteiger partial charge in [0.25, 0.3) is 0 Å². The normalized spacial score (nSPS) is 17.2. The molecule has 0 saturated carbocycles. The van der Waals surface area contributed by atoms with Crippen LogP contribution in [0.3, 0.4) is 0 Å². The number of hydrogen-bond acceptors (Lipinski definition) is 3. The number of nitrogens with zero attached hydrogens (tertiary/aromatic N) is 1. The lowest BCUT2D eigenvalue weighted by atomic mass is 9.72. The van der Waals surface area contributed by atoms with E-state index in [2.05, 4.69) is 12.2 Å². The first kappa shape index (κ1) is 20.6. The molecule has 6 heteroatoms. The second-order valence-corrected chi connectivity index (χ2v) is 9.51. The third kappa shape index (κ3) is 4.13. The van der Waals surface area contributed by atoms with E-state index in [1.54, 1.807) is 6.92 Å². The second kappa shape index (κ2) is 8.45. The number of benzene rings is 2. The van der Waals surface area contributed by atoms with Crippen molar-refractivity contribution in [3.8, 4) is 0 Å². The summed E-state index contributed by atoms with van der Waals surface area (Å²) in [6.07, 6.45) is 1.88. The minimum atomic E-state index is -3.24. The van der Waals surface area contributed by atoms with Gasteiger partial charge in [-0.05, 0) is 49.4 Å². The van der Waals surface area contributed by atoms with Gasteiger partial charge in [-0.2, -0.15) is 0 Å². The molecule has 1 heterocycles. The Bertz CT molecular complexity index is 901. The molecule has 5 nitrogen and oxygen atoms in total. The fourth-order valence-corrected chi connectivity index (χ4v) is 4.91. The zero-order chi connectivity index (χ0) is 20.2. The predicted molar refractivity (Wildman–Crippen MR) is 113 cm³/mol. The van der Waals surface area contributed by atoms with Crippen LogP contribution in [0.5, 0.6) is 0 Å². The van der Waals surface area contributed by atoms with Crippen molar-refractivity contribution in [2.75, 3.05) is 24.2 Å². The summed E-state index contributed by atoms with van der Waals surface area (Å²) in [7, 11) is -3.24. The number of carbonyl (C=O) groups is 1. The first-order valence-electron chi connectivity index (χ1n) is 9.85. The van der Waals surface area contributed by atoms with E-state index >= 15 is 0 Å². The second-order valence-electron chi connectivity index (χ2n) is 7.25. The number of piperidine rings is 1. The van der Waals surface area contributed by atoms with Gasteiger partial charge in [0.1, 0.15) is 0 Å². The van der Waals surface area contributed by atoms with Crippen molar-refractivity contribution >= 4 is 21.6 Å². The first-order valence-corrected chi connectivity index (χ1v) is 11.5. The van der Waals surface area contributed by atoms with E-state index < -0.39 is 15.4 Å². The quantitative estimate of drug-likeness (QED) is 0.806. The Morgan fingerprint density at radius 1 is 1.00 bits per heavy atom. The van der Waals surface area contributed by atoms with Crippen molar-refractivity contribution in [1.82, 2.24) is 4.31 Å². The number of nitrogens with one attached hydrogen (secondary N) is 1. The molecular weight excluding hydrogens is 372 g/mol. The SMILES string of the molecule is CCc1ccc(NC(=O)C2(c3ccccc3)CCN(S(=O)(=O)CC)CC2)cc1. The van der Waals surface area contributed by atoms with Gasteiger partial charge in [0.05, 0.1) is 11.2 Å². The molecule has 1 amide bonds. The van der Waals surface area contributed by atoms with E-state index in [0.717, 1.165) is 17.7 Å². The van der Waals surface area contributed by atoms with Crippen LogP contribution in [0.15, 0.2) is 54.6 Å². The summed E-state index contributed by atoms with van der Waals surface area (Å²) in [5.74, 6) is 0.0119. The topological polar surface area (TPSA) is 66.5 Å². The summed E-state index contributed by atoms with van der Waals surface area (Å²) >= 11 is 0. The van der Waals surface area contributed by atoms with E-state index in [1.807, 2.05) is 54.6 Å². The number of hydrogen-bond donors (Lipinski definition) is 1. The zero-order valence-corrected chi connectivity index (χ0v) is 17.3. The Morgan fingerprint density at radius 3 is 2.14 bits per heavy atom. The highest BCUT2D eigenvalue weighted by Gasteiger charge is 2.44. The molecule has 2 aromatic carbocycles. The summed E-state index contributed by atoms with van der Waals surface area (Å²) in [6, 6.07) is 17.6. The van der Waals surface area contributed by atoms with Gasteiger partial charge in [-0.15, -0.1) is 0 Å². The van der Waals surface area contributed by atoms with E-state index in [-0.39, 0.29) is 11.7 Å². The standard InChI is InChI=1S/C22H28N2O3S/c1-3-18-10-12-20(13-11-18)23-21(25)22(19-8-6-5-7-9-19)14-16-24(17-15-22)28(26,27)4-2/h5-13H,3-4,14-17H2,1-2H3,(H,23,25). The smallest absolute Gasteiger partial charge is 0.235 e. The van der Waals surface area contributed by atoms with Gasteiger partial charge >= 0.3 is 0 Å². The fraction of sp³-hybridized carbons (Fsp3) is 0.409. The minimum absolute atomic E-state index is 0.0727. The summed E-state index contributed by atoms with van der Waals surface area (Å²) in [4.78, 5) is 13.4. The molecule has 0 bridgehead atoms. The molecule has 0 atom stereocenters. The van der Waals surface area contributed by atoms with Gasteiger partial charge < -0.3 is 5.32 Å². The summed E-state index contributed by atoms with van der Waals surface area (Å²) in [5.41, 5.74) is 2.19. The first-order chi connectivity index (χ1) is 13.4. The van der Waals surface area contributed by atoms with Crippen molar-refractivity contribution < 1.29 is 13.2 Å². The summed E-state index contributed by atoms with van der Waals surface area (Å²) in [6.45, 7) is 4.46. The highest BCUT2D eigenvalue weighted by atomic mass is 32.2. The molecule has 0 radical (unpaired) electrons. The van der Waals surface area contributed by atoms with Crippen LogP contribution >= 0.6 is 0 Å².